The molecule has 0 aliphatic rings. The number of benzene rings is 2. The molecule has 0 spiro atoms. The van der Waals surface area contributed by atoms with E-state index in [1.807, 2.05) is 13.0 Å². The molecule has 0 aliphatic carbocycles. The van der Waals surface area contributed by atoms with Gasteiger partial charge in [-0.15, -0.1) is 0 Å². The highest BCUT2D eigenvalue weighted by molar-refractivity contribution is 9.10. The van der Waals surface area contributed by atoms with Gasteiger partial charge in [-0.25, -0.2) is 18.5 Å². The summed E-state index contributed by atoms with van der Waals surface area (Å²) in [6.45, 7) is 1.90. The highest BCUT2D eigenvalue weighted by atomic mass is 79.9. The van der Waals surface area contributed by atoms with Crippen LogP contribution in [0.3, 0.4) is 0 Å². The van der Waals surface area contributed by atoms with Gasteiger partial charge in [-0.2, -0.15) is 0 Å². The van der Waals surface area contributed by atoms with Gasteiger partial charge in [-0.05, 0) is 42.5 Å². The van der Waals surface area contributed by atoms with E-state index in [-0.39, 0.29) is 10.5 Å². The number of hydrogen-bond donors (Lipinski definition) is 1. The van der Waals surface area contributed by atoms with Crippen LogP contribution < -0.4 is 10.7 Å². The summed E-state index contributed by atoms with van der Waals surface area (Å²) in [5.74, 6) is 0.596. The summed E-state index contributed by atoms with van der Waals surface area (Å²) in [6, 6.07) is 11.2. The molecule has 6 nitrogen and oxygen atoms in total. The van der Waals surface area contributed by atoms with Crippen LogP contribution in [0.15, 0.2) is 56.6 Å². The Kier molecular flexibility index (Phi) is 4.29. The number of nitrogens with two attached hydrogens (primary N) is 1. The molecule has 0 saturated carbocycles. The number of fused-ring (bicyclic) bond motifs is 1. The Morgan fingerprint density at radius 1 is 1.17 bits per heavy atom. The number of sulfonamides is 1. The first kappa shape index (κ1) is 16.8. The molecule has 0 aliphatic heterocycles. The van der Waals surface area contributed by atoms with E-state index < -0.39 is 10.0 Å². The second kappa shape index (κ2) is 6.12. The first-order valence-electron chi connectivity index (χ1n) is 7.15. The predicted molar refractivity (Wildman–Crippen MR) is 95.8 cm³/mol. The number of aryl methyl sites for hydroxylation is 1. The molecule has 0 radical (unpaired) electrons. The Bertz CT molecular complexity index is 1090. The molecular formula is C16H14BrN3O3S. The van der Waals surface area contributed by atoms with Crippen molar-refractivity contribution in [1.29, 1.82) is 0 Å². The van der Waals surface area contributed by atoms with E-state index in [0.29, 0.717) is 28.8 Å². The van der Waals surface area contributed by atoms with Crippen molar-refractivity contribution in [3.63, 3.8) is 0 Å². The monoisotopic (exact) mass is 407 g/mol. The molecule has 0 fully saturated rings. The summed E-state index contributed by atoms with van der Waals surface area (Å²) in [5, 5.41) is 5.59. The van der Waals surface area contributed by atoms with Crippen LogP contribution in [-0.4, -0.2) is 18.0 Å². The summed E-state index contributed by atoms with van der Waals surface area (Å²) in [4.78, 5) is 17.4. The summed E-state index contributed by atoms with van der Waals surface area (Å²) in [7, 11) is -3.78. The van der Waals surface area contributed by atoms with Crippen LogP contribution in [0.1, 0.15) is 12.7 Å². The highest BCUT2D eigenvalue weighted by Crippen LogP contribution is 2.19. The van der Waals surface area contributed by atoms with Crippen LogP contribution in [0.2, 0.25) is 0 Å². The van der Waals surface area contributed by atoms with Gasteiger partial charge in [-0.3, -0.25) is 9.36 Å². The molecule has 0 atom stereocenters. The SMILES string of the molecule is CCc1nc2ccc(Br)cc2c(=O)n1-c1ccc(S(N)(=O)=O)cc1. The maximum Gasteiger partial charge on any atom is 0.266 e. The Balaban J connectivity index is 2.28. The average molecular weight is 408 g/mol. The molecule has 24 heavy (non-hydrogen) atoms. The normalized spacial score (nSPS) is 11.8. The lowest BCUT2D eigenvalue weighted by atomic mass is 10.2. The zero-order valence-electron chi connectivity index (χ0n) is 12.7. The third kappa shape index (κ3) is 3.00. The van der Waals surface area contributed by atoms with Crippen LogP contribution in [0.25, 0.3) is 16.6 Å². The third-order valence-corrected chi connectivity index (χ3v) is 5.06. The number of nitrogens with zero attached hydrogens (tertiary/aromatic N) is 2. The second-order valence-electron chi connectivity index (χ2n) is 5.22. The zero-order chi connectivity index (χ0) is 17.5. The molecule has 0 unspecified atom stereocenters. The van der Waals surface area contributed by atoms with Crippen molar-refractivity contribution in [2.24, 2.45) is 5.14 Å². The van der Waals surface area contributed by atoms with E-state index in [1.165, 1.54) is 16.7 Å². The van der Waals surface area contributed by atoms with Gasteiger partial charge in [0.1, 0.15) is 5.82 Å². The van der Waals surface area contributed by atoms with E-state index in [1.54, 1.807) is 24.3 Å². The summed E-state index contributed by atoms with van der Waals surface area (Å²) in [6.07, 6.45) is 0.554. The molecule has 0 bridgehead atoms. The van der Waals surface area contributed by atoms with Crippen LogP contribution in [-0.2, 0) is 16.4 Å². The number of primary sulfonamides is 1. The maximum absolute atomic E-state index is 12.9. The van der Waals surface area contributed by atoms with Gasteiger partial charge in [0.15, 0.2) is 0 Å². The molecule has 0 saturated heterocycles. The van der Waals surface area contributed by atoms with Crippen LogP contribution >= 0.6 is 15.9 Å². The van der Waals surface area contributed by atoms with Gasteiger partial charge < -0.3 is 0 Å². The Morgan fingerprint density at radius 2 is 1.83 bits per heavy atom. The first-order valence-corrected chi connectivity index (χ1v) is 9.49. The second-order valence-corrected chi connectivity index (χ2v) is 7.70. The molecule has 2 N–H and O–H groups in total. The summed E-state index contributed by atoms with van der Waals surface area (Å²) < 4.78 is 25.0. The molecule has 124 valence electrons. The van der Waals surface area contributed by atoms with E-state index in [9.17, 15) is 13.2 Å². The molecule has 1 heterocycles. The lowest BCUT2D eigenvalue weighted by molar-refractivity contribution is 0.598. The van der Waals surface area contributed by atoms with Gasteiger partial charge in [-0.1, -0.05) is 22.9 Å². The fraction of sp³-hybridized carbons (Fsp3) is 0.125. The number of aromatic nitrogens is 2. The lowest BCUT2D eigenvalue weighted by Crippen LogP contribution is -2.23. The zero-order valence-corrected chi connectivity index (χ0v) is 15.1. The van der Waals surface area contributed by atoms with E-state index in [4.69, 9.17) is 5.14 Å². The average Bonchev–Trinajstić information content (AvgIpc) is 2.54. The van der Waals surface area contributed by atoms with Crippen molar-refractivity contribution in [3.05, 3.63) is 63.1 Å². The van der Waals surface area contributed by atoms with Gasteiger partial charge in [0.25, 0.3) is 5.56 Å². The van der Waals surface area contributed by atoms with Crippen LogP contribution in [0, 0.1) is 0 Å². The summed E-state index contributed by atoms with van der Waals surface area (Å²) >= 11 is 3.36. The maximum atomic E-state index is 12.9. The Morgan fingerprint density at radius 3 is 2.42 bits per heavy atom. The van der Waals surface area contributed by atoms with Crippen molar-refractivity contribution in [1.82, 2.24) is 9.55 Å². The fourth-order valence-corrected chi connectivity index (χ4v) is 3.37. The first-order chi connectivity index (χ1) is 11.3. The topological polar surface area (TPSA) is 95.0 Å². The number of rotatable bonds is 3. The van der Waals surface area contributed by atoms with E-state index >= 15 is 0 Å². The molecule has 3 aromatic rings. The number of halogens is 1. The Labute approximate surface area is 147 Å². The lowest BCUT2D eigenvalue weighted by Gasteiger charge is -2.13. The third-order valence-electron chi connectivity index (χ3n) is 3.64. The van der Waals surface area contributed by atoms with Crippen molar-refractivity contribution < 1.29 is 8.42 Å². The fourth-order valence-electron chi connectivity index (χ4n) is 2.49. The molecule has 1 aromatic heterocycles. The smallest absolute Gasteiger partial charge is 0.266 e. The number of hydrogen-bond acceptors (Lipinski definition) is 4. The van der Waals surface area contributed by atoms with Gasteiger partial charge in [0.2, 0.25) is 10.0 Å². The Hall–Kier alpha value is -2.03. The minimum atomic E-state index is -3.78. The van der Waals surface area contributed by atoms with Gasteiger partial charge in [0, 0.05) is 10.9 Å². The molecular weight excluding hydrogens is 394 g/mol. The van der Waals surface area contributed by atoms with Crippen LogP contribution in [0.4, 0.5) is 0 Å². The highest BCUT2D eigenvalue weighted by Gasteiger charge is 2.13. The minimum Gasteiger partial charge on any atom is -0.268 e. The molecule has 2 aromatic carbocycles. The standard InChI is InChI=1S/C16H14BrN3O3S/c1-2-15-19-14-8-3-10(17)9-13(14)16(21)20(15)11-4-6-12(7-5-11)24(18,22)23/h3-9H,2H2,1H3,(H2,18,22,23). The molecule has 0 amide bonds. The van der Waals surface area contributed by atoms with Crippen molar-refractivity contribution in [2.75, 3.05) is 0 Å². The molecule has 3 rings (SSSR count). The largest absolute Gasteiger partial charge is 0.268 e. The minimum absolute atomic E-state index is 0.00570. The predicted octanol–water partition coefficient (Wildman–Crippen LogP) is 2.36. The van der Waals surface area contributed by atoms with Crippen molar-refractivity contribution >= 4 is 36.9 Å². The summed E-state index contributed by atoms with van der Waals surface area (Å²) in [5.41, 5.74) is 0.956. The molecule has 8 heteroatoms. The van der Waals surface area contributed by atoms with E-state index in [2.05, 4.69) is 20.9 Å². The quantitative estimate of drug-likeness (QED) is 0.720. The van der Waals surface area contributed by atoms with Crippen molar-refractivity contribution in [3.8, 4) is 5.69 Å². The van der Waals surface area contributed by atoms with Crippen molar-refractivity contribution in [2.45, 2.75) is 18.2 Å². The van der Waals surface area contributed by atoms with Gasteiger partial charge >= 0.3 is 0 Å². The van der Waals surface area contributed by atoms with E-state index in [0.717, 1.165) is 4.47 Å². The van der Waals surface area contributed by atoms with Gasteiger partial charge in [0.05, 0.1) is 21.5 Å². The van der Waals surface area contributed by atoms with Crippen LogP contribution in [0.5, 0.6) is 0 Å².